The maximum atomic E-state index is 12.6. The molecule has 3 saturated heterocycles. The van der Waals surface area contributed by atoms with Crippen LogP contribution in [0.4, 0.5) is 0 Å². The Morgan fingerprint density at radius 2 is 2.12 bits per heavy atom. The van der Waals surface area contributed by atoms with Crippen molar-refractivity contribution in [3.8, 4) is 0 Å². The topological polar surface area (TPSA) is 62.3 Å². The van der Waals surface area contributed by atoms with E-state index < -0.39 is 6.10 Å². The number of aliphatic hydroxyl groups excluding tert-OH is 1. The van der Waals surface area contributed by atoms with E-state index in [1.165, 1.54) is 12.8 Å². The monoisotopic (exact) mass is 335 g/mol. The van der Waals surface area contributed by atoms with Crippen molar-refractivity contribution in [2.45, 2.75) is 69.9 Å². The Bertz CT molecular complexity index is 541. The quantitative estimate of drug-likeness (QED) is 0.474. The fourth-order valence-corrected chi connectivity index (χ4v) is 4.79. The highest BCUT2D eigenvalue weighted by Gasteiger charge is 2.63. The van der Waals surface area contributed by atoms with Gasteiger partial charge in [-0.05, 0) is 64.6 Å². The van der Waals surface area contributed by atoms with E-state index >= 15 is 0 Å². The van der Waals surface area contributed by atoms with Gasteiger partial charge in [0.15, 0.2) is 0 Å². The van der Waals surface area contributed by atoms with Gasteiger partial charge in [0.1, 0.15) is 12.2 Å². The summed E-state index contributed by atoms with van der Waals surface area (Å²) in [6.45, 7) is 7.01. The molecule has 3 heterocycles. The van der Waals surface area contributed by atoms with Gasteiger partial charge in [0, 0.05) is 12.5 Å². The lowest BCUT2D eigenvalue weighted by molar-refractivity contribution is -0.145. The first-order valence-corrected chi connectivity index (χ1v) is 9.43. The van der Waals surface area contributed by atoms with E-state index in [-0.39, 0.29) is 35.6 Å². The van der Waals surface area contributed by atoms with Crippen LogP contribution < -0.4 is 0 Å². The number of carbonyl (C=O) groups is 1. The van der Waals surface area contributed by atoms with Gasteiger partial charge in [-0.2, -0.15) is 0 Å². The van der Waals surface area contributed by atoms with Crippen LogP contribution in [-0.2, 0) is 14.3 Å². The van der Waals surface area contributed by atoms with E-state index in [1.807, 2.05) is 6.92 Å². The normalized spacial score (nSPS) is 46.0. The minimum Gasteiger partial charge on any atom is -0.459 e. The van der Waals surface area contributed by atoms with E-state index in [0.717, 1.165) is 38.0 Å². The van der Waals surface area contributed by atoms with Crippen LogP contribution in [0.3, 0.4) is 0 Å². The third kappa shape index (κ3) is 2.91. The van der Waals surface area contributed by atoms with Crippen LogP contribution >= 0.6 is 0 Å². The van der Waals surface area contributed by atoms with E-state index in [1.54, 1.807) is 0 Å². The third-order valence-electron chi connectivity index (χ3n) is 6.51. The van der Waals surface area contributed by atoms with Crippen molar-refractivity contribution in [1.29, 1.82) is 0 Å². The average Bonchev–Trinajstić information content (AvgIpc) is 2.88. The minimum absolute atomic E-state index is 0.00552. The van der Waals surface area contributed by atoms with Crippen molar-refractivity contribution in [3.63, 3.8) is 0 Å². The first-order chi connectivity index (χ1) is 11.5. The van der Waals surface area contributed by atoms with Gasteiger partial charge in [0.25, 0.3) is 0 Å². The van der Waals surface area contributed by atoms with Crippen molar-refractivity contribution in [1.82, 2.24) is 4.90 Å². The molecule has 24 heavy (non-hydrogen) atoms. The second-order valence-corrected chi connectivity index (χ2v) is 8.27. The standard InChI is InChI=1S/C19H29NO4/c1-12-6-5-7-19(2)17(24-19)16-13(10-15(12)21)14(18(22)23-16)11-20-8-3-4-9-20/h6,13-17,21H,3-5,7-11H2,1-2H3/t13-,14-,15+,16-,17+,19+/m0/s1. The highest BCUT2D eigenvalue weighted by molar-refractivity contribution is 5.76. The van der Waals surface area contributed by atoms with Crippen molar-refractivity contribution in [2.75, 3.05) is 19.6 Å². The summed E-state index contributed by atoms with van der Waals surface area (Å²) in [7, 11) is 0. The third-order valence-corrected chi connectivity index (χ3v) is 6.51. The maximum absolute atomic E-state index is 12.6. The molecular formula is C19H29NO4. The molecule has 0 radical (unpaired) electrons. The molecule has 1 N–H and O–H groups in total. The molecule has 0 bridgehead atoms. The highest BCUT2D eigenvalue weighted by Crippen LogP contribution is 2.50. The maximum Gasteiger partial charge on any atom is 0.311 e. The molecule has 0 saturated carbocycles. The van der Waals surface area contributed by atoms with Crippen molar-refractivity contribution >= 4 is 5.97 Å². The van der Waals surface area contributed by atoms with Gasteiger partial charge in [-0.1, -0.05) is 6.08 Å². The average molecular weight is 335 g/mol. The molecule has 5 heteroatoms. The second kappa shape index (κ2) is 6.11. The number of esters is 1. The minimum atomic E-state index is -0.490. The Kier molecular flexibility index (Phi) is 4.22. The summed E-state index contributed by atoms with van der Waals surface area (Å²) in [4.78, 5) is 15.0. The van der Waals surface area contributed by atoms with E-state index in [4.69, 9.17) is 9.47 Å². The van der Waals surface area contributed by atoms with Crippen molar-refractivity contribution in [3.05, 3.63) is 11.6 Å². The Morgan fingerprint density at radius 1 is 1.38 bits per heavy atom. The summed E-state index contributed by atoms with van der Waals surface area (Å²) in [5, 5.41) is 10.6. The van der Waals surface area contributed by atoms with Crippen LogP contribution in [0.15, 0.2) is 11.6 Å². The van der Waals surface area contributed by atoms with Crippen LogP contribution in [0.2, 0.25) is 0 Å². The summed E-state index contributed by atoms with van der Waals surface area (Å²) in [5.41, 5.74) is 0.834. The van der Waals surface area contributed by atoms with Gasteiger partial charge in [-0.25, -0.2) is 0 Å². The first-order valence-electron chi connectivity index (χ1n) is 9.43. The van der Waals surface area contributed by atoms with Crippen molar-refractivity contribution in [2.24, 2.45) is 11.8 Å². The SMILES string of the molecule is CC1=CCC[C@@]2(C)O[C@@H]2[C@H]2OC(=O)[C@@H](CN3CCCC3)[C@@H]2C[C@H]1O. The number of hydrogen-bond donors (Lipinski definition) is 1. The molecule has 0 amide bonds. The number of aliphatic hydroxyl groups is 1. The molecule has 6 atom stereocenters. The van der Waals surface area contributed by atoms with Gasteiger partial charge in [0.2, 0.25) is 0 Å². The number of ether oxygens (including phenoxy) is 2. The lowest BCUT2D eigenvalue weighted by atomic mass is 9.79. The predicted octanol–water partition coefficient (Wildman–Crippen LogP) is 1.89. The smallest absolute Gasteiger partial charge is 0.311 e. The summed E-state index contributed by atoms with van der Waals surface area (Å²) < 4.78 is 11.8. The zero-order valence-corrected chi connectivity index (χ0v) is 14.7. The van der Waals surface area contributed by atoms with E-state index in [0.29, 0.717) is 6.42 Å². The summed E-state index contributed by atoms with van der Waals surface area (Å²) >= 11 is 0. The van der Waals surface area contributed by atoms with Gasteiger partial charge in [0.05, 0.1) is 17.6 Å². The molecule has 3 fully saturated rings. The zero-order valence-electron chi connectivity index (χ0n) is 14.7. The highest BCUT2D eigenvalue weighted by atomic mass is 16.6. The van der Waals surface area contributed by atoms with Gasteiger partial charge in [-0.3, -0.25) is 4.79 Å². The molecule has 5 nitrogen and oxygen atoms in total. The Morgan fingerprint density at radius 3 is 2.88 bits per heavy atom. The fourth-order valence-electron chi connectivity index (χ4n) is 4.79. The van der Waals surface area contributed by atoms with Crippen LogP contribution in [0.25, 0.3) is 0 Å². The molecule has 1 aliphatic carbocycles. The number of rotatable bonds is 2. The summed E-state index contributed by atoms with van der Waals surface area (Å²) in [5.74, 6) is -0.187. The number of epoxide rings is 1. The van der Waals surface area contributed by atoms with Gasteiger partial charge >= 0.3 is 5.97 Å². The zero-order chi connectivity index (χ0) is 16.9. The lowest BCUT2D eigenvalue weighted by Crippen LogP contribution is -2.37. The number of hydrogen-bond acceptors (Lipinski definition) is 5. The second-order valence-electron chi connectivity index (χ2n) is 8.27. The molecule has 0 spiro atoms. The molecule has 0 aromatic heterocycles. The molecular weight excluding hydrogens is 306 g/mol. The van der Waals surface area contributed by atoms with Gasteiger partial charge < -0.3 is 19.5 Å². The number of fused-ring (bicyclic) bond motifs is 3. The Labute approximate surface area is 144 Å². The lowest BCUT2D eigenvalue weighted by Gasteiger charge is -2.27. The largest absolute Gasteiger partial charge is 0.459 e. The predicted molar refractivity (Wildman–Crippen MR) is 89.4 cm³/mol. The molecule has 0 aromatic rings. The Balaban J connectivity index is 1.58. The van der Waals surface area contributed by atoms with E-state index in [2.05, 4.69) is 17.9 Å². The Hall–Kier alpha value is -0.910. The molecule has 3 aliphatic heterocycles. The van der Waals surface area contributed by atoms with Crippen molar-refractivity contribution < 1.29 is 19.4 Å². The fraction of sp³-hybridized carbons (Fsp3) is 0.842. The summed E-state index contributed by atoms with van der Waals surface area (Å²) in [6, 6.07) is 0. The van der Waals surface area contributed by atoms with Crippen LogP contribution in [-0.4, -0.2) is 59.5 Å². The van der Waals surface area contributed by atoms with Crippen LogP contribution in [0.1, 0.15) is 46.0 Å². The number of nitrogens with zero attached hydrogens (tertiary/aromatic N) is 1. The number of allylic oxidation sites excluding steroid dienone is 1. The molecule has 4 aliphatic rings. The van der Waals surface area contributed by atoms with Crippen LogP contribution in [0, 0.1) is 11.8 Å². The molecule has 134 valence electrons. The summed E-state index contributed by atoms with van der Waals surface area (Å²) in [6.07, 6.45) is 6.27. The molecule has 4 rings (SSSR count). The number of likely N-dealkylation sites (tertiary alicyclic amines) is 1. The number of carbonyl (C=O) groups excluding carboxylic acids is 1. The van der Waals surface area contributed by atoms with Crippen LogP contribution in [0.5, 0.6) is 0 Å². The molecule has 0 unspecified atom stereocenters. The first kappa shape index (κ1) is 16.6. The van der Waals surface area contributed by atoms with Gasteiger partial charge in [-0.15, -0.1) is 0 Å². The molecule has 0 aromatic carbocycles. The van der Waals surface area contributed by atoms with E-state index in [9.17, 15) is 9.90 Å².